The minimum atomic E-state index is -3.76. The van der Waals surface area contributed by atoms with Crippen molar-refractivity contribution < 1.29 is 27.5 Å². The maximum absolute atomic E-state index is 13.3. The summed E-state index contributed by atoms with van der Waals surface area (Å²) in [5, 5.41) is 2.95. The maximum atomic E-state index is 13.3. The van der Waals surface area contributed by atoms with Gasteiger partial charge in [0.25, 0.3) is 0 Å². The lowest BCUT2D eigenvalue weighted by Crippen LogP contribution is -2.44. The fourth-order valence-corrected chi connectivity index (χ4v) is 6.73. The summed E-state index contributed by atoms with van der Waals surface area (Å²) in [6.07, 6.45) is 2.64. The first-order valence-electron chi connectivity index (χ1n) is 12.8. The zero-order valence-electron chi connectivity index (χ0n) is 21.1. The normalized spacial score (nSPS) is 19.8. The van der Waals surface area contributed by atoms with E-state index in [4.69, 9.17) is 15.2 Å². The van der Waals surface area contributed by atoms with Crippen LogP contribution in [0.1, 0.15) is 31.2 Å². The molecule has 1 aromatic heterocycles. The molecule has 0 spiro atoms. The highest BCUT2D eigenvalue weighted by Gasteiger charge is 2.51. The lowest BCUT2D eigenvalue weighted by atomic mass is 9.94. The van der Waals surface area contributed by atoms with Crippen molar-refractivity contribution in [3.8, 4) is 22.8 Å². The van der Waals surface area contributed by atoms with Crippen LogP contribution in [0.15, 0.2) is 65.6 Å². The third kappa shape index (κ3) is 4.72. The third-order valence-electron chi connectivity index (χ3n) is 7.67. The summed E-state index contributed by atoms with van der Waals surface area (Å²) in [6.45, 7) is 0.622. The van der Waals surface area contributed by atoms with Crippen molar-refractivity contribution in [1.82, 2.24) is 9.29 Å². The van der Waals surface area contributed by atoms with Crippen molar-refractivity contribution in [3.05, 3.63) is 66.2 Å². The highest BCUT2D eigenvalue weighted by Crippen LogP contribution is 2.51. The Morgan fingerprint density at radius 1 is 1.03 bits per heavy atom. The van der Waals surface area contributed by atoms with E-state index in [-0.39, 0.29) is 24.1 Å². The number of fused-ring (bicyclic) bond motifs is 1. The van der Waals surface area contributed by atoms with E-state index >= 15 is 0 Å². The molecule has 1 saturated heterocycles. The number of piperidine rings is 1. The van der Waals surface area contributed by atoms with Crippen molar-refractivity contribution in [1.29, 1.82) is 0 Å². The molecule has 39 heavy (non-hydrogen) atoms. The molecule has 1 saturated carbocycles. The number of hydrogen-bond acceptors (Lipinski definition) is 7. The van der Waals surface area contributed by atoms with Gasteiger partial charge >= 0.3 is 0 Å². The fraction of sp³-hybridized carbons (Fsp3) is 0.321. The summed E-state index contributed by atoms with van der Waals surface area (Å²) in [5.41, 5.74) is 6.96. The van der Waals surface area contributed by atoms with Crippen LogP contribution in [0.4, 0.5) is 5.82 Å². The van der Waals surface area contributed by atoms with Crippen LogP contribution in [0.25, 0.3) is 11.3 Å². The third-order valence-corrected chi connectivity index (χ3v) is 9.55. The van der Waals surface area contributed by atoms with E-state index in [1.807, 2.05) is 18.2 Å². The molecule has 3 aromatic rings. The van der Waals surface area contributed by atoms with Crippen LogP contribution < -0.4 is 20.5 Å². The van der Waals surface area contributed by atoms with Crippen molar-refractivity contribution in [2.75, 3.05) is 25.2 Å². The quantitative estimate of drug-likeness (QED) is 0.462. The number of carbonyl (C=O) groups excluding carboxylic acids is 2. The number of nitrogens with zero attached hydrogens (tertiary/aromatic N) is 2. The molecule has 10 nitrogen and oxygen atoms in total. The first kappa shape index (κ1) is 25.3. The number of nitrogens with two attached hydrogens (primary N) is 1. The predicted octanol–water partition coefficient (Wildman–Crippen LogP) is 3.03. The predicted molar refractivity (Wildman–Crippen MR) is 142 cm³/mol. The molecule has 2 aromatic carbocycles. The number of rotatable bonds is 7. The summed E-state index contributed by atoms with van der Waals surface area (Å²) in [5.74, 6) is 0.635. The summed E-state index contributed by atoms with van der Waals surface area (Å²) in [7, 11) is -3.76. The van der Waals surface area contributed by atoms with E-state index < -0.39 is 27.3 Å². The molecule has 1 aliphatic carbocycles. The molecular weight excluding hydrogens is 520 g/mol. The van der Waals surface area contributed by atoms with Gasteiger partial charge < -0.3 is 20.5 Å². The molecule has 3 heterocycles. The van der Waals surface area contributed by atoms with Gasteiger partial charge in [-0.3, -0.25) is 9.59 Å². The number of primary amides is 1. The second kappa shape index (κ2) is 9.65. The molecule has 1 unspecified atom stereocenters. The Hall–Kier alpha value is -3.96. The van der Waals surface area contributed by atoms with Gasteiger partial charge in [0.15, 0.2) is 11.5 Å². The zero-order chi connectivity index (χ0) is 27.2. The number of benzene rings is 2. The number of hydrogen-bond donors (Lipinski definition) is 2. The van der Waals surface area contributed by atoms with Gasteiger partial charge in [-0.25, -0.2) is 13.4 Å². The van der Waals surface area contributed by atoms with Gasteiger partial charge in [-0.2, -0.15) is 4.31 Å². The fourth-order valence-electron chi connectivity index (χ4n) is 5.21. The van der Waals surface area contributed by atoms with Crippen molar-refractivity contribution in [2.24, 2.45) is 11.7 Å². The molecule has 3 aliphatic rings. The molecule has 0 radical (unpaired) electrons. The van der Waals surface area contributed by atoms with Gasteiger partial charge in [-0.05, 0) is 67.6 Å². The zero-order valence-corrected chi connectivity index (χ0v) is 21.9. The Balaban J connectivity index is 1.17. The molecule has 2 fully saturated rings. The first-order valence-corrected chi connectivity index (χ1v) is 14.3. The molecule has 0 bridgehead atoms. The number of pyridine rings is 1. The Kier molecular flexibility index (Phi) is 6.27. The molecule has 2 amide bonds. The molecule has 6 rings (SSSR count). The van der Waals surface area contributed by atoms with Crippen LogP contribution in [0.5, 0.6) is 11.5 Å². The van der Waals surface area contributed by atoms with Crippen LogP contribution in [-0.2, 0) is 25.0 Å². The van der Waals surface area contributed by atoms with Gasteiger partial charge in [0.05, 0.1) is 21.9 Å². The van der Waals surface area contributed by atoms with Gasteiger partial charge in [-0.15, -0.1) is 0 Å². The summed E-state index contributed by atoms with van der Waals surface area (Å²) in [4.78, 5) is 29.6. The average molecular weight is 549 g/mol. The highest BCUT2D eigenvalue weighted by atomic mass is 32.2. The van der Waals surface area contributed by atoms with Gasteiger partial charge in [0.1, 0.15) is 5.82 Å². The van der Waals surface area contributed by atoms with Crippen LogP contribution in [0.3, 0.4) is 0 Å². The average Bonchev–Trinajstić information content (AvgIpc) is 3.64. The van der Waals surface area contributed by atoms with E-state index in [0.29, 0.717) is 48.0 Å². The lowest BCUT2D eigenvalue weighted by molar-refractivity contribution is -0.122. The molecule has 3 N–H and O–H groups in total. The number of carbonyl (C=O) groups is 2. The second-order valence-electron chi connectivity index (χ2n) is 10.1. The van der Waals surface area contributed by atoms with E-state index in [2.05, 4.69) is 10.3 Å². The largest absolute Gasteiger partial charge is 0.454 e. The summed E-state index contributed by atoms with van der Waals surface area (Å²) in [6, 6.07) is 17.3. The van der Waals surface area contributed by atoms with Crippen LogP contribution in [-0.4, -0.2) is 49.4 Å². The van der Waals surface area contributed by atoms with Gasteiger partial charge in [0, 0.05) is 18.7 Å². The Morgan fingerprint density at radius 3 is 2.54 bits per heavy atom. The van der Waals surface area contributed by atoms with E-state index in [1.54, 1.807) is 30.3 Å². The van der Waals surface area contributed by atoms with E-state index in [1.165, 1.54) is 16.4 Å². The highest BCUT2D eigenvalue weighted by molar-refractivity contribution is 7.89. The summed E-state index contributed by atoms with van der Waals surface area (Å²) < 4.78 is 38.5. The maximum Gasteiger partial charge on any atom is 0.243 e. The minimum Gasteiger partial charge on any atom is -0.454 e. The first-order chi connectivity index (χ1) is 18.8. The van der Waals surface area contributed by atoms with Crippen LogP contribution >= 0.6 is 0 Å². The Bertz CT molecular complexity index is 1550. The monoisotopic (exact) mass is 548 g/mol. The SMILES string of the molecule is NC(=O)C1CCCN(S(=O)(=O)c2ccc(-c3cccc(NC(=O)C4(c5ccc6c(c5)OCO6)CC4)n3)cc2)C1. The standard InChI is InChI=1S/C28H28N4O6S/c29-26(33)19-3-2-14-32(16-19)39(35,36)21-9-6-18(7-10-21)22-4-1-5-25(30-22)31-27(34)28(12-13-28)20-8-11-23-24(15-20)38-17-37-23/h1,4-11,15,19H,2-3,12-14,16-17H2,(H2,29,33)(H,30,31,34). The van der Waals surface area contributed by atoms with Crippen molar-refractivity contribution >= 4 is 27.7 Å². The van der Waals surface area contributed by atoms with Crippen LogP contribution in [0.2, 0.25) is 0 Å². The lowest BCUT2D eigenvalue weighted by Gasteiger charge is -2.30. The smallest absolute Gasteiger partial charge is 0.243 e. The second-order valence-corrected chi connectivity index (χ2v) is 12.1. The Morgan fingerprint density at radius 2 is 1.79 bits per heavy atom. The number of nitrogens with one attached hydrogen (secondary N) is 1. The number of ether oxygens (including phenoxy) is 2. The Labute approximate surface area is 226 Å². The number of sulfonamides is 1. The molecule has 202 valence electrons. The topological polar surface area (TPSA) is 141 Å². The van der Waals surface area contributed by atoms with Crippen molar-refractivity contribution in [2.45, 2.75) is 36.0 Å². The molecular formula is C28H28N4O6S. The van der Waals surface area contributed by atoms with Crippen molar-refractivity contribution in [3.63, 3.8) is 0 Å². The van der Waals surface area contributed by atoms with E-state index in [9.17, 15) is 18.0 Å². The molecule has 11 heteroatoms. The van der Waals surface area contributed by atoms with Crippen LogP contribution in [0, 0.1) is 5.92 Å². The number of aromatic nitrogens is 1. The molecule has 1 atom stereocenters. The van der Waals surface area contributed by atoms with Gasteiger partial charge in [-0.1, -0.05) is 24.3 Å². The number of amides is 2. The number of anilines is 1. The van der Waals surface area contributed by atoms with E-state index in [0.717, 1.165) is 18.4 Å². The molecule has 2 aliphatic heterocycles. The minimum absolute atomic E-state index is 0.0937. The summed E-state index contributed by atoms with van der Waals surface area (Å²) >= 11 is 0. The van der Waals surface area contributed by atoms with Gasteiger partial charge in [0.2, 0.25) is 28.6 Å².